The zero-order chi connectivity index (χ0) is 26.1. The Morgan fingerprint density at radius 2 is 1.84 bits per heavy atom. The van der Waals surface area contributed by atoms with Gasteiger partial charge in [-0.1, -0.05) is 47.5 Å². The summed E-state index contributed by atoms with van der Waals surface area (Å²) in [6.07, 6.45) is 2.49. The number of amides is 2. The highest BCUT2D eigenvalue weighted by molar-refractivity contribution is 6.32. The smallest absolute Gasteiger partial charge is 0.270 e. The van der Waals surface area contributed by atoms with Gasteiger partial charge in [0.15, 0.2) is 0 Å². The maximum Gasteiger partial charge on any atom is 0.270 e. The van der Waals surface area contributed by atoms with Crippen molar-refractivity contribution in [1.82, 2.24) is 14.8 Å². The van der Waals surface area contributed by atoms with Crippen molar-refractivity contribution in [3.8, 4) is 5.75 Å². The summed E-state index contributed by atoms with van der Waals surface area (Å²) in [6.45, 7) is 1.48. The first-order chi connectivity index (χ1) is 17.8. The van der Waals surface area contributed by atoms with Crippen molar-refractivity contribution in [1.29, 1.82) is 0 Å². The molecular formula is C28H25Cl2N3O4. The number of fused-ring (bicyclic) bond motifs is 4. The summed E-state index contributed by atoms with van der Waals surface area (Å²) in [6, 6.07) is 17.1. The van der Waals surface area contributed by atoms with E-state index in [1.54, 1.807) is 53.4 Å². The monoisotopic (exact) mass is 537 g/mol. The summed E-state index contributed by atoms with van der Waals surface area (Å²) in [5, 5.41) is 3.60. The molecule has 1 aromatic heterocycles. The number of nitrogens with one attached hydrogen (secondary N) is 1. The lowest BCUT2D eigenvalue weighted by Crippen LogP contribution is -2.50. The molecule has 0 saturated carbocycles. The Bertz CT molecular complexity index is 1470. The van der Waals surface area contributed by atoms with E-state index in [9.17, 15) is 14.4 Å². The van der Waals surface area contributed by atoms with Gasteiger partial charge < -0.3 is 19.5 Å². The SMILES string of the molecule is COc1ccc(Cl)cc1C(=O)N/C(=C/c1ccccc1Cl)C(=O)N1CC2CC(C1)c1cccc(=O)n1C2. The van der Waals surface area contributed by atoms with Crippen LogP contribution in [-0.4, -0.2) is 41.5 Å². The zero-order valence-electron chi connectivity index (χ0n) is 20.1. The Balaban J connectivity index is 1.48. The predicted octanol–water partition coefficient (Wildman–Crippen LogP) is 4.58. The molecule has 2 bridgehead atoms. The molecule has 3 heterocycles. The first-order valence-corrected chi connectivity index (χ1v) is 12.7. The average Bonchev–Trinajstić information content (AvgIpc) is 2.89. The second-order valence-electron chi connectivity index (χ2n) is 9.29. The number of ether oxygens (including phenoxy) is 1. The minimum absolute atomic E-state index is 0.0194. The topological polar surface area (TPSA) is 80.6 Å². The van der Waals surface area contributed by atoms with E-state index < -0.39 is 5.91 Å². The molecule has 7 nitrogen and oxygen atoms in total. The fourth-order valence-electron chi connectivity index (χ4n) is 5.18. The van der Waals surface area contributed by atoms with E-state index in [4.69, 9.17) is 27.9 Å². The standard InChI is InChI=1S/C28H25Cl2N3O4/c1-37-25-10-9-20(29)13-21(25)27(35)31-23(12-18-5-2-3-6-22(18)30)28(36)32-14-17-11-19(16-32)24-7-4-8-26(34)33(24)15-17/h2-10,12-13,17,19H,11,14-16H2,1H3,(H,31,35)/b23-12+. The van der Waals surface area contributed by atoms with Gasteiger partial charge in [0.05, 0.1) is 12.7 Å². The highest BCUT2D eigenvalue weighted by Crippen LogP contribution is 2.35. The molecule has 2 aliphatic rings. The van der Waals surface area contributed by atoms with Crippen LogP contribution in [0.5, 0.6) is 5.75 Å². The van der Waals surface area contributed by atoms with Crippen molar-refractivity contribution in [3.05, 3.63) is 104 Å². The molecule has 1 fully saturated rings. The number of hydrogen-bond donors (Lipinski definition) is 1. The fourth-order valence-corrected chi connectivity index (χ4v) is 5.54. The van der Waals surface area contributed by atoms with Gasteiger partial charge >= 0.3 is 0 Å². The van der Waals surface area contributed by atoms with Gasteiger partial charge in [0, 0.05) is 47.4 Å². The summed E-state index contributed by atoms with van der Waals surface area (Å²) in [7, 11) is 1.46. The molecule has 0 radical (unpaired) electrons. The lowest BCUT2D eigenvalue weighted by atomic mass is 9.83. The molecule has 37 heavy (non-hydrogen) atoms. The molecule has 9 heteroatoms. The third-order valence-electron chi connectivity index (χ3n) is 6.86. The number of aromatic nitrogens is 1. The first-order valence-electron chi connectivity index (χ1n) is 11.9. The average molecular weight is 538 g/mol. The Labute approximate surface area is 224 Å². The molecule has 2 amide bonds. The summed E-state index contributed by atoms with van der Waals surface area (Å²) in [5.74, 6) is -0.340. The van der Waals surface area contributed by atoms with Gasteiger partial charge in [-0.05, 0) is 54.3 Å². The molecule has 1 saturated heterocycles. The van der Waals surface area contributed by atoms with Gasteiger partial charge in [-0.15, -0.1) is 0 Å². The van der Waals surface area contributed by atoms with Crippen molar-refractivity contribution in [3.63, 3.8) is 0 Å². The van der Waals surface area contributed by atoms with E-state index >= 15 is 0 Å². The van der Waals surface area contributed by atoms with Gasteiger partial charge in [-0.25, -0.2) is 0 Å². The van der Waals surface area contributed by atoms with Crippen molar-refractivity contribution in [2.24, 2.45) is 5.92 Å². The van der Waals surface area contributed by atoms with Crippen LogP contribution in [0.1, 0.15) is 34.0 Å². The second kappa shape index (κ2) is 10.4. The minimum Gasteiger partial charge on any atom is -0.496 e. The van der Waals surface area contributed by atoms with E-state index in [2.05, 4.69) is 5.32 Å². The van der Waals surface area contributed by atoms with Crippen LogP contribution >= 0.6 is 23.2 Å². The summed E-state index contributed by atoms with van der Waals surface area (Å²) in [5.41, 5.74) is 1.81. The molecule has 2 aromatic carbocycles. The van der Waals surface area contributed by atoms with Gasteiger partial charge in [-0.2, -0.15) is 0 Å². The molecule has 1 N–H and O–H groups in total. The van der Waals surface area contributed by atoms with Crippen molar-refractivity contribution < 1.29 is 14.3 Å². The Hall–Kier alpha value is -3.55. The van der Waals surface area contributed by atoms with Crippen molar-refractivity contribution >= 4 is 41.1 Å². The molecule has 2 atom stereocenters. The number of hydrogen-bond acceptors (Lipinski definition) is 4. The highest BCUT2D eigenvalue weighted by Gasteiger charge is 2.37. The number of methoxy groups -OCH3 is 1. The maximum atomic E-state index is 13.9. The van der Waals surface area contributed by atoms with Gasteiger partial charge in [-0.3, -0.25) is 14.4 Å². The number of rotatable bonds is 5. The second-order valence-corrected chi connectivity index (χ2v) is 10.1. The number of pyridine rings is 1. The molecular weight excluding hydrogens is 513 g/mol. The number of nitrogens with zero attached hydrogens (tertiary/aromatic N) is 2. The molecule has 3 aromatic rings. The van der Waals surface area contributed by atoms with E-state index in [-0.39, 0.29) is 34.6 Å². The van der Waals surface area contributed by atoms with Crippen LogP contribution in [0.2, 0.25) is 10.0 Å². The van der Waals surface area contributed by atoms with E-state index in [1.165, 1.54) is 13.2 Å². The summed E-state index contributed by atoms with van der Waals surface area (Å²) < 4.78 is 7.14. The van der Waals surface area contributed by atoms with E-state index in [0.717, 1.165) is 12.1 Å². The van der Waals surface area contributed by atoms with Crippen LogP contribution in [0.25, 0.3) is 6.08 Å². The third-order valence-corrected chi connectivity index (χ3v) is 7.44. The number of likely N-dealkylation sites (tertiary alicyclic amines) is 1. The van der Waals surface area contributed by atoms with Crippen LogP contribution in [0.3, 0.4) is 0 Å². The number of carbonyl (C=O) groups is 2. The summed E-state index contributed by atoms with van der Waals surface area (Å²) in [4.78, 5) is 41.3. The van der Waals surface area contributed by atoms with Crippen LogP contribution in [-0.2, 0) is 11.3 Å². The van der Waals surface area contributed by atoms with Gasteiger partial charge in [0.25, 0.3) is 17.4 Å². The first kappa shape index (κ1) is 25.1. The number of piperidine rings is 1. The van der Waals surface area contributed by atoms with Gasteiger partial charge in [0.1, 0.15) is 11.4 Å². The minimum atomic E-state index is -0.528. The van der Waals surface area contributed by atoms with E-state index in [1.807, 2.05) is 16.7 Å². The Morgan fingerprint density at radius 3 is 2.62 bits per heavy atom. The van der Waals surface area contributed by atoms with Crippen molar-refractivity contribution in [2.75, 3.05) is 20.2 Å². The maximum absolute atomic E-state index is 13.9. The van der Waals surface area contributed by atoms with E-state index in [0.29, 0.717) is 41.0 Å². The van der Waals surface area contributed by atoms with Crippen LogP contribution in [0.15, 0.2) is 71.2 Å². The predicted molar refractivity (Wildman–Crippen MR) is 143 cm³/mol. The number of carbonyl (C=O) groups excluding carboxylic acids is 2. The Kier molecular flexibility index (Phi) is 7.09. The lowest BCUT2D eigenvalue weighted by Gasteiger charge is -2.43. The third kappa shape index (κ3) is 5.15. The number of benzene rings is 2. The molecule has 190 valence electrons. The highest BCUT2D eigenvalue weighted by atomic mass is 35.5. The molecule has 5 rings (SSSR count). The van der Waals surface area contributed by atoms with Gasteiger partial charge in [0.2, 0.25) is 0 Å². The lowest BCUT2D eigenvalue weighted by molar-refractivity contribution is -0.130. The molecule has 2 aliphatic heterocycles. The molecule has 0 aliphatic carbocycles. The largest absolute Gasteiger partial charge is 0.496 e. The van der Waals surface area contributed by atoms with Crippen LogP contribution in [0.4, 0.5) is 0 Å². The normalized spacial score (nSPS) is 18.7. The van der Waals surface area contributed by atoms with Crippen molar-refractivity contribution in [2.45, 2.75) is 18.9 Å². The van der Waals surface area contributed by atoms with Crippen LogP contribution in [0, 0.1) is 5.92 Å². The fraction of sp³-hybridized carbons (Fsp3) is 0.250. The zero-order valence-corrected chi connectivity index (χ0v) is 21.6. The molecule has 0 spiro atoms. The Morgan fingerprint density at radius 1 is 1.03 bits per heavy atom. The quantitative estimate of drug-likeness (QED) is 0.483. The molecule has 2 unspecified atom stereocenters. The number of halogens is 2. The summed E-state index contributed by atoms with van der Waals surface area (Å²) >= 11 is 12.5. The van der Waals surface area contributed by atoms with Crippen LogP contribution < -0.4 is 15.6 Å².